The third kappa shape index (κ3) is 4.34. The van der Waals surface area contributed by atoms with E-state index in [0.29, 0.717) is 28.7 Å². The van der Waals surface area contributed by atoms with Gasteiger partial charge in [0.2, 0.25) is 0 Å². The number of nitrogens with zero attached hydrogens (tertiary/aromatic N) is 3. The van der Waals surface area contributed by atoms with Crippen molar-refractivity contribution in [3.8, 4) is 10.4 Å². The lowest BCUT2D eigenvalue weighted by Gasteiger charge is -2.33. The van der Waals surface area contributed by atoms with Crippen molar-refractivity contribution < 1.29 is 9.59 Å². The van der Waals surface area contributed by atoms with Crippen molar-refractivity contribution in [2.75, 3.05) is 13.1 Å². The van der Waals surface area contributed by atoms with E-state index < -0.39 is 0 Å². The van der Waals surface area contributed by atoms with Crippen molar-refractivity contribution >= 4 is 46.1 Å². The van der Waals surface area contributed by atoms with Crippen LogP contribution in [-0.4, -0.2) is 45.8 Å². The minimum Gasteiger partial charge on any atom is -0.347 e. The first-order chi connectivity index (χ1) is 14.0. The zero-order chi connectivity index (χ0) is 20.4. The van der Waals surface area contributed by atoms with Gasteiger partial charge < -0.3 is 10.2 Å². The van der Waals surface area contributed by atoms with Crippen LogP contribution >= 0.6 is 34.3 Å². The molecule has 1 aliphatic heterocycles. The van der Waals surface area contributed by atoms with E-state index in [1.54, 1.807) is 16.6 Å². The van der Waals surface area contributed by atoms with E-state index >= 15 is 0 Å². The summed E-state index contributed by atoms with van der Waals surface area (Å²) in [6.45, 7) is 2.99. The average Bonchev–Trinajstić information content (AvgIpc) is 3.38. The molecule has 1 fully saturated rings. The van der Waals surface area contributed by atoms with E-state index in [4.69, 9.17) is 11.6 Å². The van der Waals surface area contributed by atoms with Crippen LogP contribution in [0.15, 0.2) is 36.0 Å². The summed E-state index contributed by atoms with van der Waals surface area (Å²) in [4.78, 5) is 37.2. The van der Waals surface area contributed by atoms with E-state index in [1.165, 1.54) is 22.7 Å². The molecule has 0 bridgehead atoms. The van der Waals surface area contributed by atoms with Gasteiger partial charge in [-0.25, -0.2) is 4.98 Å². The van der Waals surface area contributed by atoms with Gasteiger partial charge in [0.15, 0.2) is 0 Å². The molecule has 3 aromatic rings. The predicted molar refractivity (Wildman–Crippen MR) is 116 cm³/mol. The number of likely N-dealkylation sites (tertiary alicyclic amines) is 1. The van der Waals surface area contributed by atoms with Crippen LogP contribution in [0.5, 0.6) is 0 Å². The Hall–Kier alpha value is -2.29. The Labute approximate surface area is 181 Å². The summed E-state index contributed by atoms with van der Waals surface area (Å²) in [5, 5.41) is 4.43. The van der Waals surface area contributed by atoms with Gasteiger partial charge in [-0.15, -0.1) is 22.7 Å². The monoisotopic (exact) mass is 446 g/mol. The number of halogens is 1. The zero-order valence-electron chi connectivity index (χ0n) is 15.7. The summed E-state index contributed by atoms with van der Waals surface area (Å²) in [6.07, 6.45) is 3.21. The Morgan fingerprint density at radius 1 is 1.31 bits per heavy atom. The van der Waals surface area contributed by atoms with Gasteiger partial charge in [-0.3, -0.25) is 14.6 Å². The van der Waals surface area contributed by atoms with Crippen LogP contribution in [0, 0.1) is 6.92 Å². The van der Waals surface area contributed by atoms with Gasteiger partial charge in [0.1, 0.15) is 10.6 Å². The van der Waals surface area contributed by atoms with E-state index in [-0.39, 0.29) is 17.9 Å². The minimum atomic E-state index is -0.145. The highest BCUT2D eigenvalue weighted by Gasteiger charge is 2.29. The quantitative estimate of drug-likeness (QED) is 0.649. The molecule has 1 atom stereocenters. The minimum absolute atomic E-state index is 0.0919. The highest BCUT2D eigenvalue weighted by atomic mass is 35.5. The summed E-state index contributed by atoms with van der Waals surface area (Å²) in [6, 6.07) is 7.39. The van der Waals surface area contributed by atoms with Gasteiger partial charge in [-0.05, 0) is 25.8 Å². The predicted octanol–water partition coefficient (Wildman–Crippen LogP) is 4.26. The van der Waals surface area contributed by atoms with Crippen molar-refractivity contribution in [3.63, 3.8) is 0 Å². The molecule has 150 valence electrons. The molecule has 0 spiro atoms. The van der Waals surface area contributed by atoms with E-state index in [1.807, 2.05) is 31.2 Å². The van der Waals surface area contributed by atoms with Crippen LogP contribution in [0.2, 0.25) is 5.02 Å². The van der Waals surface area contributed by atoms with E-state index in [2.05, 4.69) is 15.3 Å². The Kier molecular flexibility index (Phi) is 5.94. The molecule has 1 aromatic carbocycles. The topological polar surface area (TPSA) is 75.2 Å². The molecule has 1 N–H and O–H groups in total. The van der Waals surface area contributed by atoms with Crippen molar-refractivity contribution in [1.82, 2.24) is 20.2 Å². The summed E-state index contributed by atoms with van der Waals surface area (Å²) in [5.74, 6) is -0.269. The molecule has 0 saturated carbocycles. The highest BCUT2D eigenvalue weighted by molar-refractivity contribution is 7.15. The average molecular weight is 447 g/mol. The van der Waals surface area contributed by atoms with Crippen LogP contribution in [0.4, 0.5) is 0 Å². The lowest BCUT2D eigenvalue weighted by atomic mass is 10.0. The number of piperidine rings is 1. The number of carbonyl (C=O) groups excluding carboxylic acids is 2. The molecule has 6 nitrogen and oxygen atoms in total. The number of thiazole rings is 2. The molecule has 4 rings (SSSR count). The maximum absolute atomic E-state index is 13.3. The van der Waals surface area contributed by atoms with Crippen molar-refractivity contribution in [3.05, 3.63) is 56.6 Å². The number of nitrogens with one attached hydrogen (secondary N) is 1. The van der Waals surface area contributed by atoms with Gasteiger partial charge in [0, 0.05) is 29.7 Å². The molecule has 29 heavy (non-hydrogen) atoms. The molecule has 1 unspecified atom stereocenters. The number of rotatable bonds is 4. The Bertz CT molecular complexity index is 1040. The number of hydrogen-bond acceptors (Lipinski definition) is 6. The second-order valence-electron chi connectivity index (χ2n) is 6.82. The number of amides is 2. The smallest absolute Gasteiger partial charge is 0.274 e. The van der Waals surface area contributed by atoms with Crippen LogP contribution in [0.3, 0.4) is 0 Å². The second kappa shape index (κ2) is 8.61. The fourth-order valence-corrected chi connectivity index (χ4v) is 5.17. The number of aryl methyl sites for hydroxylation is 1. The van der Waals surface area contributed by atoms with E-state index in [9.17, 15) is 9.59 Å². The SMILES string of the molecule is Cc1nc(C(=O)N2CCCC(NC(=O)c3cncs3)C2)c(-c2ccccc2Cl)s1. The number of hydrogen-bond donors (Lipinski definition) is 1. The van der Waals surface area contributed by atoms with Crippen molar-refractivity contribution in [2.45, 2.75) is 25.8 Å². The van der Waals surface area contributed by atoms with Gasteiger partial charge in [0.05, 0.1) is 21.6 Å². The first-order valence-electron chi connectivity index (χ1n) is 9.24. The highest BCUT2D eigenvalue weighted by Crippen LogP contribution is 2.35. The molecular weight excluding hydrogens is 428 g/mol. The molecule has 1 aliphatic rings. The fraction of sp³-hybridized carbons (Fsp3) is 0.300. The number of carbonyl (C=O) groups is 2. The Morgan fingerprint density at radius 2 is 2.14 bits per heavy atom. The molecule has 0 aliphatic carbocycles. The third-order valence-electron chi connectivity index (χ3n) is 4.76. The molecule has 3 heterocycles. The van der Waals surface area contributed by atoms with Crippen LogP contribution in [-0.2, 0) is 0 Å². The lowest BCUT2D eigenvalue weighted by molar-refractivity contribution is 0.0672. The van der Waals surface area contributed by atoms with Crippen molar-refractivity contribution in [2.24, 2.45) is 0 Å². The molecule has 9 heteroatoms. The third-order valence-corrected chi connectivity index (χ3v) is 6.86. The standard InChI is InChI=1S/C20H19ClN4O2S2/c1-12-23-17(18(29-12)14-6-2-3-7-15(14)21)20(27)25-8-4-5-13(10-25)24-19(26)16-9-22-11-28-16/h2-3,6-7,9,11,13H,4-5,8,10H2,1H3,(H,24,26). The van der Waals surface area contributed by atoms with Gasteiger partial charge in [-0.1, -0.05) is 29.8 Å². The van der Waals surface area contributed by atoms with Crippen molar-refractivity contribution in [1.29, 1.82) is 0 Å². The number of benzene rings is 1. The second-order valence-corrected chi connectivity index (χ2v) is 9.32. The first kappa shape index (κ1) is 20.0. The van der Waals surface area contributed by atoms with Crippen LogP contribution < -0.4 is 5.32 Å². The lowest BCUT2D eigenvalue weighted by Crippen LogP contribution is -2.49. The van der Waals surface area contributed by atoms with Crippen LogP contribution in [0.1, 0.15) is 38.0 Å². The van der Waals surface area contributed by atoms with Gasteiger partial charge in [0.25, 0.3) is 11.8 Å². The maximum atomic E-state index is 13.3. The summed E-state index contributed by atoms with van der Waals surface area (Å²) >= 11 is 9.13. The van der Waals surface area contributed by atoms with Gasteiger partial charge >= 0.3 is 0 Å². The first-order valence-corrected chi connectivity index (χ1v) is 11.3. The Balaban J connectivity index is 1.53. The normalized spacial score (nSPS) is 16.6. The summed E-state index contributed by atoms with van der Waals surface area (Å²) in [5.41, 5.74) is 2.87. The molecular formula is C20H19ClN4O2S2. The molecule has 2 aromatic heterocycles. The van der Waals surface area contributed by atoms with Gasteiger partial charge in [-0.2, -0.15) is 0 Å². The van der Waals surface area contributed by atoms with E-state index in [0.717, 1.165) is 28.3 Å². The van der Waals surface area contributed by atoms with Crippen LogP contribution in [0.25, 0.3) is 10.4 Å². The summed E-state index contributed by atoms with van der Waals surface area (Å²) < 4.78 is 0. The molecule has 0 radical (unpaired) electrons. The molecule has 1 saturated heterocycles. The Morgan fingerprint density at radius 3 is 2.90 bits per heavy atom. The largest absolute Gasteiger partial charge is 0.347 e. The maximum Gasteiger partial charge on any atom is 0.274 e. The number of aromatic nitrogens is 2. The summed E-state index contributed by atoms with van der Waals surface area (Å²) in [7, 11) is 0. The molecule has 2 amide bonds. The zero-order valence-corrected chi connectivity index (χ0v) is 18.1. The fourth-order valence-electron chi connectivity index (χ4n) is 3.41.